The van der Waals surface area contributed by atoms with Gasteiger partial charge in [-0.2, -0.15) is 13.2 Å². The van der Waals surface area contributed by atoms with Crippen molar-refractivity contribution in [3.63, 3.8) is 0 Å². The van der Waals surface area contributed by atoms with Crippen LogP contribution in [-0.2, 0) is 17.4 Å². The molecule has 0 aliphatic carbocycles. The third kappa shape index (κ3) is 2.27. The number of amides is 1. The molecule has 3 rings (SSSR count). The number of hydrogen-bond acceptors (Lipinski definition) is 1. The van der Waals surface area contributed by atoms with Crippen LogP contribution in [0, 0.1) is 0 Å². The lowest BCUT2D eigenvalue weighted by atomic mass is 10.0. The number of alkyl halides is 3. The van der Waals surface area contributed by atoms with Crippen molar-refractivity contribution in [2.24, 2.45) is 0 Å². The van der Waals surface area contributed by atoms with Gasteiger partial charge in [-0.15, -0.1) is 0 Å². The van der Waals surface area contributed by atoms with E-state index in [0.717, 1.165) is 28.9 Å². The van der Waals surface area contributed by atoms with Gasteiger partial charge in [0.25, 0.3) is 0 Å². The fourth-order valence-electron chi connectivity index (χ4n) is 2.25. The highest BCUT2D eigenvalue weighted by atomic mass is 19.4. The van der Waals surface area contributed by atoms with E-state index in [-0.39, 0.29) is 5.91 Å². The van der Waals surface area contributed by atoms with E-state index in [4.69, 9.17) is 0 Å². The molecule has 0 aromatic heterocycles. The van der Waals surface area contributed by atoms with Gasteiger partial charge in [0.05, 0.1) is 12.0 Å². The number of anilines is 1. The zero-order valence-corrected chi connectivity index (χ0v) is 10.3. The summed E-state index contributed by atoms with van der Waals surface area (Å²) < 4.78 is 37.5. The Morgan fingerprint density at radius 1 is 0.950 bits per heavy atom. The second-order valence-electron chi connectivity index (χ2n) is 4.67. The van der Waals surface area contributed by atoms with Crippen molar-refractivity contribution in [3.05, 3.63) is 53.6 Å². The van der Waals surface area contributed by atoms with Gasteiger partial charge >= 0.3 is 6.18 Å². The van der Waals surface area contributed by atoms with Crippen LogP contribution in [-0.4, -0.2) is 5.91 Å². The normalized spacial score (nSPS) is 14.1. The summed E-state index contributed by atoms with van der Waals surface area (Å²) in [5.41, 5.74) is 2.43. The molecule has 0 radical (unpaired) electrons. The Morgan fingerprint density at radius 3 is 2.25 bits per heavy atom. The van der Waals surface area contributed by atoms with Crippen molar-refractivity contribution in [2.45, 2.75) is 12.6 Å². The summed E-state index contributed by atoms with van der Waals surface area (Å²) in [4.78, 5) is 11.3. The third-order valence-electron chi connectivity index (χ3n) is 3.28. The molecular weight excluding hydrogens is 267 g/mol. The van der Waals surface area contributed by atoms with E-state index in [1.54, 1.807) is 6.07 Å². The molecule has 0 spiro atoms. The maximum Gasteiger partial charge on any atom is 0.416 e. The van der Waals surface area contributed by atoms with Gasteiger partial charge in [0, 0.05) is 5.69 Å². The van der Waals surface area contributed by atoms with Crippen LogP contribution in [0.5, 0.6) is 0 Å². The average molecular weight is 277 g/mol. The van der Waals surface area contributed by atoms with Gasteiger partial charge in [0.15, 0.2) is 0 Å². The van der Waals surface area contributed by atoms with Crippen molar-refractivity contribution >= 4 is 11.6 Å². The largest absolute Gasteiger partial charge is 0.416 e. The lowest BCUT2D eigenvalue weighted by molar-refractivity contribution is -0.137. The van der Waals surface area contributed by atoms with Gasteiger partial charge in [0.1, 0.15) is 0 Å². The Morgan fingerprint density at radius 2 is 1.60 bits per heavy atom. The molecule has 0 unspecified atom stereocenters. The molecule has 1 N–H and O–H groups in total. The lowest BCUT2D eigenvalue weighted by Gasteiger charge is -2.08. The van der Waals surface area contributed by atoms with Gasteiger partial charge in [-0.1, -0.05) is 24.3 Å². The Balaban J connectivity index is 1.94. The Kier molecular flexibility index (Phi) is 2.78. The molecule has 1 amide bonds. The minimum absolute atomic E-state index is 0.0652. The smallest absolute Gasteiger partial charge is 0.326 e. The first-order valence-corrected chi connectivity index (χ1v) is 6.04. The van der Waals surface area contributed by atoms with E-state index >= 15 is 0 Å². The summed E-state index contributed by atoms with van der Waals surface area (Å²) in [6, 6.07) is 10.4. The second kappa shape index (κ2) is 4.37. The molecule has 102 valence electrons. The predicted molar refractivity (Wildman–Crippen MR) is 69.2 cm³/mol. The quantitative estimate of drug-likeness (QED) is 0.842. The number of nitrogens with one attached hydrogen (secondary N) is 1. The summed E-state index contributed by atoms with van der Waals surface area (Å²) in [5.74, 6) is -0.0652. The van der Waals surface area contributed by atoms with E-state index in [2.05, 4.69) is 5.32 Å². The summed E-state index contributed by atoms with van der Waals surface area (Å²) in [6.45, 7) is 0. The summed E-state index contributed by atoms with van der Waals surface area (Å²) in [6.07, 6.45) is -3.98. The van der Waals surface area contributed by atoms with Gasteiger partial charge in [-0.3, -0.25) is 4.79 Å². The molecule has 1 aliphatic heterocycles. The fourth-order valence-corrected chi connectivity index (χ4v) is 2.25. The summed E-state index contributed by atoms with van der Waals surface area (Å²) in [7, 11) is 0. The highest BCUT2D eigenvalue weighted by Crippen LogP contribution is 2.33. The van der Waals surface area contributed by atoms with Gasteiger partial charge in [-0.05, 0) is 34.9 Å². The van der Waals surface area contributed by atoms with E-state index in [1.165, 1.54) is 12.1 Å². The molecule has 0 saturated heterocycles. The van der Waals surface area contributed by atoms with Gasteiger partial charge < -0.3 is 5.32 Å². The van der Waals surface area contributed by atoms with E-state index < -0.39 is 11.7 Å². The predicted octanol–water partition coefficient (Wildman–Crippen LogP) is 3.87. The number of hydrogen-bond donors (Lipinski definition) is 1. The van der Waals surface area contributed by atoms with Crippen molar-refractivity contribution < 1.29 is 18.0 Å². The fraction of sp³-hybridized carbons (Fsp3) is 0.133. The molecule has 2 aromatic carbocycles. The van der Waals surface area contributed by atoms with Gasteiger partial charge in [-0.25, -0.2) is 0 Å². The molecule has 0 bridgehead atoms. The summed E-state index contributed by atoms with van der Waals surface area (Å²) in [5, 5.41) is 2.72. The van der Waals surface area contributed by atoms with Crippen LogP contribution < -0.4 is 5.32 Å². The van der Waals surface area contributed by atoms with Crippen LogP contribution in [0.25, 0.3) is 11.1 Å². The van der Waals surface area contributed by atoms with Crippen LogP contribution in [0.1, 0.15) is 11.1 Å². The minimum Gasteiger partial charge on any atom is -0.326 e. The number of fused-ring (bicyclic) bond motifs is 1. The molecule has 1 aliphatic rings. The Bertz CT molecular complexity index is 675. The van der Waals surface area contributed by atoms with Crippen LogP contribution in [0.2, 0.25) is 0 Å². The van der Waals surface area contributed by atoms with Crippen LogP contribution >= 0.6 is 0 Å². The van der Waals surface area contributed by atoms with Crippen molar-refractivity contribution in [3.8, 4) is 11.1 Å². The van der Waals surface area contributed by atoms with Crippen molar-refractivity contribution in [1.82, 2.24) is 0 Å². The highest BCUT2D eigenvalue weighted by Gasteiger charge is 2.30. The first-order valence-electron chi connectivity index (χ1n) is 6.04. The third-order valence-corrected chi connectivity index (χ3v) is 3.28. The number of rotatable bonds is 1. The molecule has 2 nitrogen and oxygen atoms in total. The Labute approximate surface area is 113 Å². The molecule has 0 saturated carbocycles. The maximum absolute atomic E-state index is 12.5. The first kappa shape index (κ1) is 12.7. The van der Waals surface area contributed by atoms with Crippen LogP contribution in [0.15, 0.2) is 42.5 Å². The summed E-state index contributed by atoms with van der Waals surface area (Å²) >= 11 is 0. The highest BCUT2D eigenvalue weighted by molar-refractivity contribution is 5.99. The topological polar surface area (TPSA) is 29.1 Å². The number of carbonyl (C=O) groups excluding carboxylic acids is 1. The average Bonchev–Trinajstić information content (AvgIpc) is 2.77. The van der Waals surface area contributed by atoms with Crippen molar-refractivity contribution in [2.75, 3.05) is 5.32 Å². The second-order valence-corrected chi connectivity index (χ2v) is 4.67. The molecule has 5 heteroatoms. The molecule has 0 atom stereocenters. The van der Waals surface area contributed by atoms with Gasteiger partial charge in [0.2, 0.25) is 5.91 Å². The molecule has 2 aromatic rings. The van der Waals surface area contributed by atoms with Crippen LogP contribution in [0.3, 0.4) is 0 Å². The van der Waals surface area contributed by atoms with E-state index in [1.807, 2.05) is 12.1 Å². The zero-order valence-electron chi connectivity index (χ0n) is 10.3. The van der Waals surface area contributed by atoms with Crippen molar-refractivity contribution in [1.29, 1.82) is 0 Å². The monoisotopic (exact) mass is 277 g/mol. The lowest BCUT2D eigenvalue weighted by Crippen LogP contribution is -2.04. The number of benzene rings is 2. The van der Waals surface area contributed by atoms with Crippen LogP contribution in [0.4, 0.5) is 18.9 Å². The standard InChI is InChI=1S/C15H10F3NO/c16-15(17,18)12-5-3-9(4-6-12)10-1-2-11-8-14(20)19-13(11)7-10/h1-7H,8H2,(H,19,20). The maximum atomic E-state index is 12.5. The van der Waals surface area contributed by atoms with E-state index in [9.17, 15) is 18.0 Å². The zero-order chi connectivity index (χ0) is 14.3. The SMILES string of the molecule is O=C1Cc2ccc(-c3ccc(C(F)(F)F)cc3)cc2N1. The molecule has 0 fully saturated rings. The molecule has 1 heterocycles. The molecular formula is C15H10F3NO. The number of halogens is 3. The number of carbonyl (C=O) groups is 1. The Hall–Kier alpha value is -2.30. The van der Waals surface area contributed by atoms with E-state index in [0.29, 0.717) is 12.0 Å². The first-order chi connectivity index (χ1) is 9.43. The molecule has 20 heavy (non-hydrogen) atoms. The minimum atomic E-state index is -4.33.